The van der Waals surface area contributed by atoms with Crippen LogP contribution in [0, 0.1) is 0 Å². The number of aliphatic carboxylic acids is 1. The normalized spacial score (nSPS) is 12.9. The molecule has 1 aromatic carbocycles. The van der Waals surface area contributed by atoms with Gasteiger partial charge in [0.1, 0.15) is 11.4 Å². The SMILES string of the molecule is C=CCc1cc(C(CC)CCc2cc(-c3ccc(C(F)(F)F)cn3)nn2C(C)C)ccc1OC(C)(C)C(=O)O. The molecule has 210 valence electrons. The molecule has 0 spiro atoms. The summed E-state index contributed by atoms with van der Waals surface area (Å²) in [5.74, 6) is -0.305. The van der Waals surface area contributed by atoms with Gasteiger partial charge in [0.15, 0.2) is 5.60 Å². The van der Waals surface area contributed by atoms with E-state index in [1.165, 1.54) is 19.9 Å². The zero-order valence-corrected chi connectivity index (χ0v) is 23.0. The highest BCUT2D eigenvalue weighted by molar-refractivity contribution is 5.76. The maximum atomic E-state index is 12.9. The lowest BCUT2D eigenvalue weighted by atomic mass is 9.89. The molecule has 0 aliphatic carbocycles. The molecule has 2 heterocycles. The van der Waals surface area contributed by atoms with E-state index in [1.807, 2.05) is 36.7 Å². The van der Waals surface area contributed by atoms with Crippen molar-refractivity contribution in [1.82, 2.24) is 14.8 Å². The summed E-state index contributed by atoms with van der Waals surface area (Å²) < 4.78 is 46.6. The fraction of sp³-hybridized carbons (Fsp3) is 0.433. The molecule has 6 nitrogen and oxygen atoms in total. The van der Waals surface area contributed by atoms with Crippen LogP contribution in [0.4, 0.5) is 13.2 Å². The zero-order valence-electron chi connectivity index (χ0n) is 23.0. The van der Waals surface area contributed by atoms with Crippen LogP contribution in [0.1, 0.15) is 81.8 Å². The van der Waals surface area contributed by atoms with Crippen LogP contribution in [0.25, 0.3) is 11.4 Å². The van der Waals surface area contributed by atoms with Crippen LogP contribution in [0.15, 0.2) is 55.3 Å². The van der Waals surface area contributed by atoms with E-state index in [0.717, 1.165) is 41.9 Å². The van der Waals surface area contributed by atoms with Gasteiger partial charge in [-0.15, -0.1) is 6.58 Å². The highest BCUT2D eigenvalue weighted by atomic mass is 19.4. The number of hydrogen-bond donors (Lipinski definition) is 1. The van der Waals surface area contributed by atoms with E-state index in [4.69, 9.17) is 4.74 Å². The molecular formula is C30H36F3N3O3. The molecule has 9 heteroatoms. The quantitative estimate of drug-likeness (QED) is 0.238. The minimum absolute atomic E-state index is 0.0662. The van der Waals surface area contributed by atoms with Gasteiger partial charge in [-0.1, -0.05) is 25.1 Å². The number of aromatic nitrogens is 3. The van der Waals surface area contributed by atoms with Crippen LogP contribution in [-0.2, 0) is 23.8 Å². The summed E-state index contributed by atoms with van der Waals surface area (Å²) in [6.45, 7) is 13.0. The second-order valence-corrected chi connectivity index (χ2v) is 10.4. The van der Waals surface area contributed by atoms with E-state index in [-0.39, 0.29) is 12.0 Å². The van der Waals surface area contributed by atoms with Crippen molar-refractivity contribution in [2.75, 3.05) is 0 Å². The maximum Gasteiger partial charge on any atom is 0.417 e. The predicted molar refractivity (Wildman–Crippen MR) is 145 cm³/mol. The van der Waals surface area contributed by atoms with Gasteiger partial charge in [0.05, 0.1) is 11.3 Å². The van der Waals surface area contributed by atoms with Gasteiger partial charge in [-0.2, -0.15) is 18.3 Å². The molecule has 0 bridgehead atoms. The second-order valence-electron chi connectivity index (χ2n) is 10.4. The number of allylic oxidation sites excluding steroid dienone is 1. The lowest BCUT2D eigenvalue weighted by Crippen LogP contribution is -2.38. The van der Waals surface area contributed by atoms with Gasteiger partial charge in [-0.05, 0) is 94.7 Å². The fourth-order valence-corrected chi connectivity index (χ4v) is 4.42. The molecule has 39 heavy (non-hydrogen) atoms. The average Bonchev–Trinajstić information content (AvgIpc) is 3.30. The molecule has 0 amide bonds. The van der Waals surface area contributed by atoms with Crippen molar-refractivity contribution < 1.29 is 27.8 Å². The second kappa shape index (κ2) is 12.1. The van der Waals surface area contributed by atoms with Gasteiger partial charge >= 0.3 is 12.1 Å². The summed E-state index contributed by atoms with van der Waals surface area (Å²) in [5, 5.41) is 14.1. The van der Waals surface area contributed by atoms with Gasteiger partial charge in [-0.3, -0.25) is 9.67 Å². The van der Waals surface area contributed by atoms with Crippen molar-refractivity contribution in [2.45, 2.75) is 84.0 Å². The largest absolute Gasteiger partial charge is 0.478 e. The smallest absolute Gasteiger partial charge is 0.417 e. The summed E-state index contributed by atoms with van der Waals surface area (Å²) in [6.07, 6.45) is 1.12. The lowest BCUT2D eigenvalue weighted by Gasteiger charge is -2.24. The minimum atomic E-state index is -4.44. The van der Waals surface area contributed by atoms with Crippen molar-refractivity contribution in [3.05, 3.63) is 77.6 Å². The van der Waals surface area contributed by atoms with E-state index in [0.29, 0.717) is 30.0 Å². The molecule has 1 N–H and O–H groups in total. The first-order valence-electron chi connectivity index (χ1n) is 13.0. The number of carboxylic acids is 1. The lowest BCUT2D eigenvalue weighted by molar-refractivity contribution is -0.152. The summed E-state index contributed by atoms with van der Waals surface area (Å²) in [7, 11) is 0. The van der Waals surface area contributed by atoms with Crippen LogP contribution in [0.2, 0.25) is 0 Å². The minimum Gasteiger partial charge on any atom is -0.478 e. The van der Waals surface area contributed by atoms with Crippen molar-refractivity contribution in [3.63, 3.8) is 0 Å². The van der Waals surface area contributed by atoms with Gasteiger partial charge < -0.3 is 9.84 Å². The van der Waals surface area contributed by atoms with Crippen LogP contribution in [0.3, 0.4) is 0 Å². The highest BCUT2D eigenvalue weighted by Gasteiger charge is 2.31. The third-order valence-corrected chi connectivity index (χ3v) is 6.70. The summed E-state index contributed by atoms with van der Waals surface area (Å²) in [5.41, 5.74) is 1.75. The summed E-state index contributed by atoms with van der Waals surface area (Å²) in [4.78, 5) is 15.6. The van der Waals surface area contributed by atoms with Gasteiger partial charge in [0.2, 0.25) is 0 Å². The molecule has 3 rings (SSSR count). The molecule has 0 radical (unpaired) electrons. The van der Waals surface area contributed by atoms with Gasteiger partial charge in [0, 0.05) is 17.9 Å². The molecule has 1 atom stereocenters. The Balaban J connectivity index is 1.84. The van der Waals surface area contributed by atoms with E-state index in [9.17, 15) is 23.1 Å². The van der Waals surface area contributed by atoms with Crippen LogP contribution in [-0.4, -0.2) is 31.4 Å². The zero-order chi connectivity index (χ0) is 29.0. The number of pyridine rings is 1. The van der Waals surface area contributed by atoms with Crippen LogP contribution >= 0.6 is 0 Å². The van der Waals surface area contributed by atoms with Gasteiger partial charge in [0.25, 0.3) is 0 Å². The van der Waals surface area contributed by atoms with E-state index in [2.05, 4.69) is 29.7 Å². The number of rotatable bonds is 12. The van der Waals surface area contributed by atoms with Crippen LogP contribution in [0.5, 0.6) is 5.75 Å². The summed E-state index contributed by atoms with van der Waals surface area (Å²) >= 11 is 0. The monoisotopic (exact) mass is 543 g/mol. The number of carbonyl (C=O) groups is 1. The number of alkyl halides is 3. The first-order chi connectivity index (χ1) is 18.3. The number of hydrogen-bond acceptors (Lipinski definition) is 4. The molecule has 0 saturated carbocycles. The number of carboxylic acid groups (broad SMARTS) is 1. The van der Waals surface area contributed by atoms with E-state index in [1.54, 1.807) is 6.08 Å². The van der Waals surface area contributed by atoms with E-state index >= 15 is 0 Å². The predicted octanol–water partition coefficient (Wildman–Crippen LogP) is 7.64. The molecule has 0 aliphatic rings. The number of nitrogens with zero attached hydrogens (tertiary/aromatic N) is 3. The number of benzene rings is 1. The Labute approximate surface area is 227 Å². The Morgan fingerprint density at radius 3 is 2.41 bits per heavy atom. The molecule has 0 fully saturated rings. The molecular weight excluding hydrogens is 507 g/mol. The third kappa shape index (κ3) is 7.28. The number of halogens is 3. The number of ether oxygens (including phenoxy) is 1. The number of aryl methyl sites for hydroxylation is 1. The van der Waals surface area contributed by atoms with Crippen molar-refractivity contribution in [1.29, 1.82) is 0 Å². The Kier molecular flexibility index (Phi) is 9.25. The first kappa shape index (κ1) is 29.9. The average molecular weight is 544 g/mol. The molecule has 3 aromatic rings. The van der Waals surface area contributed by atoms with Crippen molar-refractivity contribution >= 4 is 5.97 Å². The fourth-order valence-electron chi connectivity index (χ4n) is 4.42. The molecule has 2 aromatic heterocycles. The van der Waals surface area contributed by atoms with Crippen molar-refractivity contribution in [3.8, 4) is 17.1 Å². The standard InChI is InChI=1S/C30H36F3N3O3/c1-7-9-22-16-21(11-15-27(22)39-29(5,6)28(37)38)20(8-2)10-13-24-17-26(35-36(24)19(3)4)25-14-12-23(18-34-25)30(31,32)33/h7,11-12,14-20H,1,8-10,13H2,2-6H3,(H,37,38). The molecule has 1 unspecified atom stereocenters. The third-order valence-electron chi connectivity index (χ3n) is 6.70. The van der Waals surface area contributed by atoms with Gasteiger partial charge in [-0.25, -0.2) is 4.79 Å². The Morgan fingerprint density at radius 1 is 1.15 bits per heavy atom. The van der Waals surface area contributed by atoms with Crippen molar-refractivity contribution in [2.24, 2.45) is 0 Å². The Hall–Kier alpha value is -3.62. The summed E-state index contributed by atoms with van der Waals surface area (Å²) in [6, 6.07) is 10.2. The van der Waals surface area contributed by atoms with Crippen LogP contribution < -0.4 is 4.74 Å². The Bertz CT molecular complexity index is 1300. The molecule has 0 saturated heterocycles. The van der Waals surface area contributed by atoms with E-state index < -0.39 is 23.3 Å². The molecule has 0 aliphatic heterocycles. The Morgan fingerprint density at radius 2 is 1.87 bits per heavy atom. The maximum absolute atomic E-state index is 12.9. The topological polar surface area (TPSA) is 77.2 Å². The highest BCUT2D eigenvalue weighted by Crippen LogP contribution is 2.33. The first-order valence-corrected chi connectivity index (χ1v) is 13.0.